The summed E-state index contributed by atoms with van der Waals surface area (Å²) in [4.78, 5) is 4.97. The van der Waals surface area contributed by atoms with Crippen LogP contribution in [0.15, 0.2) is 5.38 Å². The molecule has 1 aromatic heterocycles. The molecule has 1 N–H and O–H groups in total. The van der Waals surface area contributed by atoms with E-state index in [-0.39, 0.29) is 5.54 Å². The van der Waals surface area contributed by atoms with Gasteiger partial charge in [0.05, 0.1) is 11.2 Å². The van der Waals surface area contributed by atoms with Crippen molar-refractivity contribution in [3.05, 3.63) is 16.1 Å². The van der Waals surface area contributed by atoms with E-state index in [1.165, 1.54) is 30.0 Å². The van der Waals surface area contributed by atoms with Crippen LogP contribution in [0.5, 0.6) is 0 Å². The summed E-state index contributed by atoms with van der Waals surface area (Å²) in [5.74, 6) is 2.12. The number of thiazole rings is 1. The van der Waals surface area contributed by atoms with Crippen LogP contribution < -0.4 is 5.32 Å². The van der Waals surface area contributed by atoms with E-state index in [4.69, 9.17) is 4.98 Å². The van der Waals surface area contributed by atoms with E-state index in [0.29, 0.717) is 12.0 Å². The Morgan fingerprint density at radius 3 is 2.45 bits per heavy atom. The molecule has 2 nitrogen and oxygen atoms in total. The van der Waals surface area contributed by atoms with Gasteiger partial charge in [0.2, 0.25) is 0 Å². The van der Waals surface area contributed by atoms with E-state index in [1.54, 1.807) is 0 Å². The summed E-state index contributed by atoms with van der Waals surface area (Å²) in [6.45, 7) is 13.8. The molecule has 0 saturated heterocycles. The van der Waals surface area contributed by atoms with Crippen LogP contribution in [-0.4, -0.2) is 11.0 Å². The van der Waals surface area contributed by atoms with Gasteiger partial charge in [0.25, 0.3) is 0 Å². The molecule has 1 saturated carbocycles. The van der Waals surface area contributed by atoms with Crippen molar-refractivity contribution in [2.45, 2.75) is 78.3 Å². The van der Waals surface area contributed by atoms with Crippen LogP contribution in [0.4, 0.5) is 0 Å². The highest BCUT2D eigenvalue weighted by molar-refractivity contribution is 7.09. The van der Waals surface area contributed by atoms with Crippen molar-refractivity contribution in [2.75, 3.05) is 0 Å². The first kappa shape index (κ1) is 16.0. The number of nitrogens with zero attached hydrogens (tertiary/aromatic N) is 1. The van der Waals surface area contributed by atoms with Crippen molar-refractivity contribution in [3.8, 4) is 0 Å². The second-order valence-electron chi connectivity index (χ2n) is 7.31. The van der Waals surface area contributed by atoms with Crippen molar-refractivity contribution in [2.24, 2.45) is 11.8 Å². The molecule has 114 valence electrons. The average Bonchev–Trinajstić information content (AvgIpc) is 2.83. The molecule has 0 bridgehead atoms. The summed E-state index contributed by atoms with van der Waals surface area (Å²) in [7, 11) is 0. The Morgan fingerprint density at radius 1 is 1.25 bits per heavy atom. The van der Waals surface area contributed by atoms with E-state index in [2.05, 4.69) is 52.2 Å². The Morgan fingerprint density at radius 2 is 1.95 bits per heavy atom. The predicted molar refractivity (Wildman–Crippen MR) is 88.3 cm³/mol. The maximum absolute atomic E-state index is 4.97. The molecule has 3 heteroatoms. The Balaban J connectivity index is 2.31. The monoisotopic (exact) mass is 294 g/mol. The fourth-order valence-electron chi connectivity index (χ4n) is 3.32. The normalized spacial score (nSPS) is 31.2. The third-order valence-corrected chi connectivity index (χ3v) is 5.82. The lowest BCUT2D eigenvalue weighted by Crippen LogP contribution is -2.50. The van der Waals surface area contributed by atoms with Crippen LogP contribution in [0.3, 0.4) is 0 Å². The van der Waals surface area contributed by atoms with Gasteiger partial charge in [-0.2, -0.15) is 0 Å². The number of rotatable bonds is 4. The van der Waals surface area contributed by atoms with Gasteiger partial charge in [-0.15, -0.1) is 11.3 Å². The largest absolute Gasteiger partial charge is 0.303 e. The van der Waals surface area contributed by atoms with E-state index >= 15 is 0 Å². The van der Waals surface area contributed by atoms with Crippen molar-refractivity contribution in [1.29, 1.82) is 0 Å². The SMILES string of the molecule is CC(C)NC1(c2nc(C(C)C)cs2)CCC(C)C(C)C1. The quantitative estimate of drug-likeness (QED) is 0.853. The zero-order valence-electron chi connectivity index (χ0n) is 13.9. The lowest BCUT2D eigenvalue weighted by atomic mass is 9.71. The molecule has 0 spiro atoms. The van der Waals surface area contributed by atoms with Gasteiger partial charge in [-0.1, -0.05) is 27.7 Å². The highest BCUT2D eigenvalue weighted by Crippen LogP contribution is 2.44. The maximum Gasteiger partial charge on any atom is 0.113 e. The molecule has 1 aliphatic carbocycles. The summed E-state index contributed by atoms with van der Waals surface area (Å²) in [6.07, 6.45) is 3.75. The number of nitrogens with one attached hydrogen (secondary N) is 1. The van der Waals surface area contributed by atoms with Crippen LogP contribution in [0, 0.1) is 11.8 Å². The minimum absolute atomic E-state index is 0.109. The molecular weight excluding hydrogens is 264 g/mol. The first-order chi connectivity index (χ1) is 9.34. The molecular formula is C17H30N2S. The molecule has 1 aliphatic rings. The van der Waals surface area contributed by atoms with Crippen LogP contribution >= 0.6 is 11.3 Å². The number of aromatic nitrogens is 1. The lowest BCUT2D eigenvalue weighted by Gasteiger charge is -2.43. The van der Waals surface area contributed by atoms with Gasteiger partial charge in [0.15, 0.2) is 0 Å². The second kappa shape index (κ2) is 6.15. The van der Waals surface area contributed by atoms with E-state index < -0.39 is 0 Å². The fourth-order valence-corrected chi connectivity index (χ4v) is 4.51. The van der Waals surface area contributed by atoms with Crippen LogP contribution in [0.2, 0.25) is 0 Å². The molecule has 0 radical (unpaired) electrons. The summed E-state index contributed by atoms with van der Waals surface area (Å²) < 4.78 is 0. The Labute approximate surface area is 128 Å². The van der Waals surface area contributed by atoms with E-state index in [9.17, 15) is 0 Å². The van der Waals surface area contributed by atoms with Gasteiger partial charge in [0, 0.05) is 11.4 Å². The Hall–Kier alpha value is -0.410. The standard InChI is InChI=1S/C17H30N2S/c1-11(2)15-10-20-16(18-15)17(19-12(3)4)8-7-13(5)14(6)9-17/h10-14,19H,7-9H2,1-6H3. The lowest BCUT2D eigenvalue weighted by molar-refractivity contribution is 0.131. The number of hydrogen-bond donors (Lipinski definition) is 1. The zero-order valence-corrected chi connectivity index (χ0v) is 14.7. The summed E-state index contributed by atoms with van der Waals surface area (Å²) >= 11 is 1.85. The highest BCUT2D eigenvalue weighted by atomic mass is 32.1. The smallest absolute Gasteiger partial charge is 0.113 e. The van der Waals surface area contributed by atoms with Gasteiger partial charge in [-0.3, -0.25) is 0 Å². The zero-order chi connectivity index (χ0) is 14.9. The topological polar surface area (TPSA) is 24.9 Å². The first-order valence-electron chi connectivity index (χ1n) is 8.07. The van der Waals surface area contributed by atoms with Crippen LogP contribution in [0.1, 0.15) is 77.4 Å². The third-order valence-electron chi connectivity index (χ3n) is 4.76. The minimum atomic E-state index is 0.109. The van der Waals surface area contributed by atoms with Gasteiger partial charge in [0.1, 0.15) is 5.01 Å². The summed E-state index contributed by atoms with van der Waals surface area (Å²) in [6, 6.07) is 0.502. The van der Waals surface area contributed by atoms with Gasteiger partial charge in [-0.05, 0) is 50.9 Å². The third kappa shape index (κ3) is 3.25. The van der Waals surface area contributed by atoms with Crippen molar-refractivity contribution in [3.63, 3.8) is 0 Å². The first-order valence-corrected chi connectivity index (χ1v) is 8.95. The van der Waals surface area contributed by atoms with Gasteiger partial charge < -0.3 is 5.32 Å². The van der Waals surface area contributed by atoms with Crippen molar-refractivity contribution in [1.82, 2.24) is 10.3 Å². The van der Waals surface area contributed by atoms with Gasteiger partial charge >= 0.3 is 0 Å². The fraction of sp³-hybridized carbons (Fsp3) is 0.824. The molecule has 1 fully saturated rings. The highest BCUT2D eigenvalue weighted by Gasteiger charge is 2.41. The van der Waals surface area contributed by atoms with Crippen molar-refractivity contribution >= 4 is 11.3 Å². The molecule has 1 aromatic rings. The predicted octanol–water partition coefficient (Wildman–Crippen LogP) is 4.92. The molecule has 0 amide bonds. The molecule has 3 atom stereocenters. The van der Waals surface area contributed by atoms with Crippen LogP contribution in [0.25, 0.3) is 0 Å². The summed E-state index contributed by atoms with van der Waals surface area (Å²) in [5.41, 5.74) is 1.36. The molecule has 0 aromatic carbocycles. The minimum Gasteiger partial charge on any atom is -0.303 e. The van der Waals surface area contributed by atoms with Crippen molar-refractivity contribution < 1.29 is 0 Å². The van der Waals surface area contributed by atoms with Gasteiger partial charge in [-0.25, -0.2) is 4.98 Å². The second-order valence-corrected chi connectivity index (χ2v) is 8.17. The molecule has 1 heterocycles. The average molecular weight is 295 g/mol. The molecule has 20 heavy (non-hydrogen) atoms. The summed E-state index contributed by atoms with van der Waals surface area (Å²) in [5, 5.41) is 7.43. The Kier molecular flexibility index (Phi) is 4.91. The Bertz CT molecular complexity index is 438. The van der Waals surface area contributed by atoms with E-state index in [0.717, 1.165) is 11.8 Å². The molecule has 2 rings (SSSR count). The van der Waals surface area contributed by atoms with Crippen LogP contribution in [-0.2, 0) is 5.54 Å². The number of hydrogen-bond acceptors (Lipinski definition) is 3. The van der Waals surface area contributed by atoms with E-state index in [1.807, 2.05) is 11.3 Å². The molecule has 3 unspecified atom stereocenters. The maximum atomic E-state index is 4.97. The molecule has 0 aliphatic heterocycles.